The van der Waals surface area contributed by atoms with Crippen molar-refractivity contribution in [3.63, 3.8) is 0 Å². The number of carbonyl (C=O) groups excluding carboxylic acids is 1. The number of anilines is 2. The Morgan fingerprint density at radius 2 is 1.96 bits per heavy atom. The van der Waals surface area contributed by atoms with E-state index in [9.17, 15) is 4.79 Å². The summed E-state index contributed by atoms with van der Waals surface area (Å²) in [5.41, 5.74) is 3.73. The first-order valence-electron chi connectivity index (χ1n) is 8.45. The molecule has 3 rings (SSSR count). The molecule has 5 nitrogen and oxygen atoms in total. The molecule has 130 valence electrons. The molecule has 0 saturated carbocycles. The number of nitrogens with zero attached hydrogens (tertiary/aromatic N) is 2. The molecule has 2 amide bonds. The summed E-state index contributed by atoms with van der Waals surface area (Å²) in [4.78, 5) is 19.3. The van der Waals surface area contributed by atoms with Gasteiger partial charge in [0.05, 0.1) is 18.5 Å². The van der Waals surface area contributed by atoms with Crippen molar-refractivity contribution < 1.29 is 9.53 Å². The van der Waals surface area contributed by atoms with Gasteiger partial charge in [0.2, 0.25) is 0 Å². The summed E-state index contributed by atoms with van der Waals surface area (Å²) in [6.07, 6.45) is 1.77. The number of hydrogen-bond donors (Lipinski definition) is 1. The zero-order chi connectivity index (χ0) is 17.8. The molecular formula is C20H23N3O2. The molecule has 2 aromatic rings. The van der Waals surface area contributed by atoms with Crippen molar-refractivity contribution in [1.82, 2.24) is 0 Å². The van der Waals surface area contributed by atoms with Crippen molar-refractivity contribution in [3.05, 3.63) is 53.6 Å². The van der Waals surface area contributed by atoms with E-state index in [-0.39, 0.29) is 6.03 Å². The Balaban J connectivity index is 1.97. The molecule has 0 radical (unpaired) electrons. The monoisotopic (exact) mass is 337 g/mol. The number of para-hydroxylation sites is 2. The van der Waals surface area contributed by atoms with Crippen molar-refractivity contribution >= 4 is 23.2 Å². The Labute approximate surface area is 148 Å². The van der Waals surface area contributed by atoms with Crippen LogP contribution in [0, 0.1) is 13.8 Å². The molecule has 25 heavy (non-hydrogen) atoms. The highest BCUT2D eigenvalue weighted by Crippen LogP contribution is 2.28. The number of rotatable bonds is 3. The molecule has 5 heteroatoms. The van der Waals surface area contributed by atoms with Gasteiger partial charge in [0.25, 0.3) is 0 Å². The van der Waals surface area contributed by atoms with E-state index in [1.807, 2.05) is 56.3 Å². The number of nitrogens with one attached hydrogen (secondary N) is 1. The SMILES string of the molecule is COc1ccccc1NC(=O)N(C1=NCCC1)c1cccc(C)c1C. The van der Waals surface area contributed by atoms with Crippen LogP contribution in [0.2, 0.25) is 0 Å². The molecule has 1 aliphatic heterocycles. The number of urea groups is 1. The van der Waals surface area contributed by atoms with Crippen molar-refractivity contribution in [2.45, 2.75) is 26.7 Å². The lowest BCUT2D eigenvalue weighted by molar-refractivity contribution is 0.259. The third kappa shape index (κ3) is 3.50. The first kappa shape index (κ1) is 17.0. The second kappa shape index (κ2) is 7.38. The molecule has 0 fully saturated rings. The van der Waals surface area contributed by atoms with Crippen LogP contribution >= 0.6 is 0 Å². The highest BCUT2D eigenvalue weighted by molar-refractivity contribution is 6.21. The van der Waals surface area contributed by atoms with Gasteiger partial charge in [-0.25, -0.2) is 9.69 Å². The molecule has 0 spiro atoms. The van der Waals surface area contributed by atoms with E-state index in [0.717, 1.165) is 42.0 Å². The maximum absolute atomic E-state index is 13.1. The van der Waals surface area contributed by atoms with Crippen molar-refractivity contribution in [2.24, 2.45) is 4.99 Å². The van der Waals surface area contributed by atoms with E-state index in [1.54, 1.807) is 12.0 Å². The highest BCUT2D eigenvalue weighted by Gasteiger charge is 2.26. The van der Waals surface area contributed by atoms with Gasteiger partial charge >= 0.3 is 6.03 Å². The molecule has 0 unspecified atom stereocenters. The lowest BCUT2D eigenvalue weighted by Gasteiger charge is -2.25. The van der Waals surface area contributed by atoms with Gasteiger partial charge in [0.15, 0.2) is 0 Å². The average molecular weight is 337 g/mol. The molecule has 1 heterocycles. The number of ether oxygens (including phenoxy) is 1. The number of amides is 2. The predicted octanol–water partition coefficient (Wildman–Crippen LogP) is 4.54. The van der Waals surface area contributed by atoms with Crippen LogP contribution in [0.25, 0.3) is 0 Å². The third-order valence-corrected chi connectivity index (χ3v) is 4.48. The van der Waals surface area contributed by atoms with Crippen molar-refractivity contribution in [1.29, 1.82) is 0 Å². The molecule has 0 bridgehead atoms. The highest BCUT2D eigenvalue weighted by atomic mass is 16.5. The van der Waals surface area contributed by atoms with Crippen LogP contribution in [-0.4, -0.2) is 25.5 Å². The van der Waals surface area contributed by atoms with Gasteiger partial charge in [0, 0.05) is 13.0 Å². The fourth-order valence-electron chi connectivity index (χ4n) is 2.97. The summed E-state index contributed by atoms with van der Waals surface area (Å²) in [7, 11) is 1.59. The van der Waals surface area contributed by atoms with Crippen LogP contribution in [0.4, 0.5) is 16.2 Å². The standard InChI is InChI=1S/C20H23N3O2/c1-14-8-6-10-17(15(14)2)23(19-12-7-13-21-19)20(24)22-16-9-4-5-11-18(16)25-3/h4-6,8-11H,7,12-13H2,1-3H3,(H,22,24). The van der Waals surface area contributed by atoms with Gasteiger partial charge in [0.1, 0.15) is 11.6 Å². The largest absolute Gasteiger partial charge is 0.495 e. The number of aliphatic imine (C=N–C) groups is 1. The van der Waals surface area contributed by atoms with E-state index in [0.29, 0.717) is 11.4 Å². The molecule has 2 aromatic carbocycles. The number of carbonyl (C=O) groups is 1. The lowest BCUT2D eigenvalue weighted by Crippen LogP contribution is -2.40. The van der Waals surface area contributed by atoms with E-state index in [1.165, 1.54) is 0 Å². The fraction of sp³-hybridized carbons (Fsp3) is 0.300. The minimum Gasteiger partial charge on any atom is -0.495 e. The van der Waals surface area contributed by atoms with Crippen molar-refractivity contribution in [2.75, 3.05) is 23.9 Å². The van der Waals surface area contributed by atoms with Crippen LogP contribution in [0.5, 0.6) is 5.75 Å². The first-order valence-corrected chi connectivity index (χ1v) is 8.45. The second-order valence-corrected chi connectivity index (χ2v) is 6.09. The maximum atomic E-state index is 13.1. The van der Waals surface area contributed by atoms with Gasteiger partial charge in [-0.15, -0.1) is 0 Å². The summed E-state index contributed by atoms with van der Waals surface area (Å²) in [6, 6.07) is 13.1. The number of benzene rings is 2. The van der Waals surface area contributed by atoms with Crippen LogP contribution in [-0.2, 0) is 0 Å². The van der Waals surface area contributed by atoms with Gasteiger partial charge in [-0.3, -0.25) is 4.99 Å². The Morgan fingerprint density at radius 3 is 2.68 bits per heavy atom. The van der Waals surface area contributed by atoms with Crippen LogP contribution in [0.1, 0.15) is 24.0 Å². The lowest BCUT2D eigenvalue weighted by atomic mass is 10.1. The second-order valence-electron chi connectivity index (χ2n) is 6.09. The number of methoxy groups -OCH3 is 1. The normalized spacial score (nSPS) is 13.3. The fourth-order valence-corrected chi connectivity index (χ4v) is 2.97. The average Bonchev–Trinajstić information content (AvgIpc) is 3.13. The van der Waals surface area contributed by atoms with Gasteiger partial charge in [-0.1, -0.05) is 24.3 Å². The quantitative estimate of drug-likeness (QED) is 0.894. The van der Waals surface area contributed by atoms with E-state index in [4.69, 9.17) is 4.74 Å². The summed E-state index contributed by atoms with van der Waals surface area (Å²) >= 11 is 0. The van der Waals surface area contributed by atoms with Gasteiger partial charge in [-0.05, 0) is 49.6 Å². The van der Waals surface area contributed by atoms with Crippen LogP contribution in [0.15, 0.2) is 47.5 Å². The van der Waals surface area contributed by atoms with Gasteiger partial charge < -0.3 is 10.1 Å². The third-order valence-electron chi connectivity index (χ3n) is 4.48. The number of amidine groups is 1. The molecule has 0 aliphatic carbocycles. The molecule has 1 N–H and O–H groups in total. The zero-order valence-corrected chi connectivity index (χ0v) is 14.9. The van der Waals surface area contributed by atoms with E-state index < -0.39 is 0 Å². The molecular weight excluding hydrogens is 314 g/mol. The Morgan fingerprint density at radius 1 is 1.16 bits per heavy atom. The number of aryl methyl sites for hydroxylation is 1. The summed E-state index contributed by atoms with van der Waals surface area (Å²) in [5.74, 6) is 1.44. The summed E-state index contributed by atoms with van der Waals surface area (Å²) in [6.45, 7) is 4.84. The van der Waals surface area contributed by atoms with E-state index >= 15 is 0 Å². The summed E-state index contributed by atoms with van der Waals surface area (Å²) < 4.78 is 5.34. The molecule has 0 atom stereocenters. The Hall–Kier alpha value is -2.82. The Bertz CT molecular complexity index is 814. The van der Waals surface area contributed by atoms with Crippen LogP contribution < -0.4 is 15.0 Å². The maximum Gasteiger partial charge on any atom is 0.332 e. The predicted molar refractivity (Wildman–Crippen MR) is 102 cm³/mol. The Kier molecular flexibility index (Phi) is 5.03. The minimum atomic E-state index is -0.223. The molecule has 1 aliphatic rings. The summed E-state index contributed by atoms with van der Waals surface area (Å²) in [5, 5.41) is 2.96. The number of hydrogen-bond acceptors (Lipinski definition) is 3. The topological polar surface area (TPSA) is 53.9 Å². The zero-order valence-electron chi connectivity index (χ0n) is 14.9. The van der Waals surface area contributed by atoms with Crippen LogP contribution in [0.3, 0.4) is 0 Å². The first-order chi connectivity index (χ1) is 12.1. The minimum absolute atomic E-state index is 0.223. The van der Waals surface area contributed by atoms with E-state index in [2.05, 4.69) is 10.3 Å². The smallest absolute Gasteiger partial charge is 0.332 e. The van der Waals surface area contributed by atoms with Crippen molar-refractivity contribution in [3.8, 4) is 5.75 Å². The molecule has 0 aromatic heterocycles. The van der Waals surface area contributed by atoms with Gasteiger partial charge in [-0.2, -0.15) is 0 Å². The molecule has 0 saturated heterocycles.